The van der Waals surface area contributed by atoms with E-state index in [0.29, 0.717) is 44.6 Å². The number of fused-ring (bicyclic) bond motifs is 9. The Morgan fingerprint density at radius 3 is 1.44 bits per heavy atom. The number of thiophene rings is 3. The summed E-state index contributed by atoms with van der Waals surface area (Å²) in [5, 5.41) is 6.17. The maximum atomic E-state index is 11.9. The third-order valence-electron chi connectivity index (χ3n) is 14.9. The Morgan fingerprint density at radius 1 is 0.600 bits per heavy atom. The number of hydrogen-bond acceptors (Lipinski definition) is 19. The number of hydrogen-bond donors (Lipinski definition) is 3. The monoisotopic (exact) mass is 1360 g/mol. The van der Waals surface area contributed by atoms with E-state index < -0.39 is 5.20 Å². The number of morpholine rings is 2. The smallest absolute Gasteiger partial charge is 0.339 e. The van der Waals surface area contributed by atoms with Gasteiger partial charge in [-0.3, -0.25) is 33.5 Å². The molecule has 3 aromatic carbocycles. The van der Waals surface area contributed by atoms with E-state index in [1.54, 1.807) is 55.0 Å². The maximum Gasteiger partial charge on any atom is 0.339 e. The van der Waals surface area contributed by atoms with Gasteiger partial charge in [0.05, 0.1) is 48.9 Å². The first-order valence-corrected chi connectivity index (χ1v) is 33.9. The number of ether oxygens (including phenoxy) is 2. The van der Waals surface area contributed by atoms with Gasteiger partial charge in [0.15, 0.2) is 17.3 Å². The lowest BCUT2D eigenvalue weighted by molar-refractivity contribution is 0.00749. The van der Waals surface area contributed by atoms with Crippen LogP contribution in [-0.4, -0.2) is 134 Å². The molecule has 4 aliphatic rings. The van der Waals surface area contributed by atoms with Gasteiger partial charge in [-0.15, -0.1) is 58.8 Å². The molecule has 85 heavy (non-hydrogen) atoms. The Labute approximate surface area is 538 Å². The van der Waals surface area contributed by atoms with Gasteiger partial charge in [-0.1, -0.05) is 26.5 Å². The van der Waals surface area contributed by atoms with Crippen LogP contribution in [0.3, 0.4) is 0 Å². The summed E-state index contributed by atoms with van der Waals surface area (Å²) in [5.41, 5.74) is 7.74. The lowest BCUT2D eigenvalue weighted by Gasteiger charge is -2.39. The van der Waals surface area contributed by atoms with Crippen molar-refractivity contribution in [1.82, 2.24) is 39.7 Å². The van der Waals surface area contributed by atoms with Crippen molar-refractivity contribution in [2.24, 2.45) is 5.73 Å². The molecule has 4 N–H and O–H groups in total. The molecule has 0 unspecified atom stereocenters. The molecule has 13 rings (SSSR count). The third kappa shape index (κ3) is 18.7. The maximum absolute atomic E-state index is 11.9. The van der Waals surface area contributed by atoms with Crippen LogP contribution in [0, 0.1) is 0 Å². The number of carbonyl (C=O) groups excluding carboxylic acids is 3. The summed E-state index contributed by atoms with van der Waals surface area (Å²) in [7, 11) is 0. The van der Waals surface area contributed by atoms with E-state index in [0.717, 1.165) is 134 Å². The number of benzene rings is 3. The predicted octanol–water partition coefficient (Wildman–Crippen LogP) is 15.7. The van der Waals surface area contributed by atoms with Gasteiger partial charge < -0.3 is 25.5 Å². The fraction of sp³-hybridized carbons (Fsp3) is 0.431. The lowest BCUT2D eigenvalue weighted by Crippen LogP contribution is -2.46. The second-order valence-corrected chi connectivity index (χ2v) is 30.3. The highest BCUT2D eigenvalue weighted by molar-refractivity contribution is 8.24. The molecule has 0 spiro atoms. The van der Waals surface area contributed by atoms with Gasteiger partial charge in [0.2, 0.25) is 0 Å². The van der Waals surface area contributed by atoms with Gasteiger partial charge in [-0.05, 0) is 160 Å². The van der Waals surface area contributed by atoms with E-state index >= 15 is 0 Å². The minimum absolute atomic E-state index is 0. The number of nitrogens with zero attached hydrogens (tertiary/aromatic N) is 7. The largest absolute Gasteiger partial charge is 0.379 e. The van der Waals surface area contributed by atoms with Crippen molar-refractivity contribution >= 4 is 193 Å². The number of Topliss-reactive ketones (excluding diaryl/α,β-unsaturated/α-hetero) is 3. The standard InChI is InChI=1S/C22H26N4O2S.C12H7ClN2OS.C12H8N2O2S.C10H20N2O.2CH4.Cl3OP.2ClH/c1-14(27)15-2-7-19-18(12-15)20-21(23-13-24-22(20)29-19)25-16-3-5-17(6-4-16)26-8-10-28-11-9-26;1-6(16)7-2-3-9-8(4-7)10-11(13)14-5-15-12(10)17-9;1-6(15)7-2-3-9-8(4-7)10-11(16)13-5-14-12(10)17-9;11-9-1-3-10(4-2-9)12-5-7-13-8-6-12;;;1-5(2,3)4;;/h2,7,12-13,16-17H,3-6,8-11H2,1H3,(H,23,24,25);2-5H,1H3;2-5H,1H3,(H,13,14,16);9-10H,1-8,11H2;2*1H4;;2*1H. The number of H-pyrrole nitrogens is 1. The summed E-state index contributed by atoms with van der Waals surface area (Å²) >= 11 is 24.6. The highest BCUT2D eigenvalue weighted by Crippen LogP contribution is 2.61. The Kier molecular flexibility index (Phi) is 27.8. The van der Waals surface area contributed by atoms with Crippen LogP contribution in [0.1, 0.15) is 118 Å². The molecule has 2 aliphatic carbocycles. The second-order valence-electron chi connectivity index (χ2n) is 20.2. The molecule has 2 aliphatic heterocycles. The lowest BCUT2D eigenvalue weighted by atomic mass is 9.90. The van der Waals surface area contributed by atoms with Gasteiger partial charge in [0.1, 0.15) is 38.1 Å². The number of aromatic nitrogens is 6. The molecule has 0 amide bonds. The van der Waals surface area contributed by atoms with Crippen molar-refractivity contribution in [3.8, 4) is 0 Å². The normalized spacial score (nSPS) is 18.9. The van der Waals surface area contributed by atoms with Crippen molar-refractivity contribution in [2.75, 3.05) is 57.9 Å². The number of aromatic amines is 1. The quantitative estimate of drug-likeness (QED) is 0.0765. The Hall–Kier alpha value is -4.06. The number of anilines is 1. The van der Waals surface area contributed by atoms with Crippen molar-refractivity contribution in [2.45, 2.75) is 111 Å². The average molecular weight is 1360 g/mol. The van der Waals surface area contributed by atoms with Gasteiger partial charge in [-0.25, -0.2) is 24.9 Å². The summed E-state index contributed by atoms with van der Waals surface area (Å²) < 4.78 is 23.5. The number of carbonyl (C=O) groups is 3. The summed E-state index contributed by atoms with van der Waals surface area (Å²) in [6, 6.07) is 19.3. The molecule has 6 aromatic heterocycles. The van der Waals surface area contributed by atoms with E-state index in [-0.39, 0.29) is 62.6 Å². The Balaban J connectivity index is 0.000000207. The fourth-order valence-electron chi connectivity index (χ4n) is 10.7. The van der Waals surface area contributed by atoms with Gasteiger partial charge in [-0.2, -0.15) is 0 Å². The number of halogens is 6. The minimum atomic E-state index is -3.22. The van der Waals surface area contributed by atoms with Crippen molar-refractivity contribution < 1.29 is 28.4 Å². The summed E-state index contributed by atoms with van der Waals surface area (Å²) in [4.78, 5) is 77.9. The number of nitrogens with two attached hydrogens (primary N) is 1. The summed E-state index contributed by atoms with van der Waals surface area (Å²) in [5.74, 6) is 1.02. The van der Waals surface area contributed by atoms with E-state index in [1.807, 2.05) is 42.5 Å². The molecule has 0 radical (unpaired) electrons. The van der Waals surface area contributed by atoms with Gasteiger partial charge >= 0.3 is 5.20 Å². The predicted molar refractivity (Wildman–Crippen MR) is 360 cm³/mol. The minimum Gasteiger partial charge on any atom is -0.379 e. The van der Waals surface area contributed by atoms with Crippen LogP contribution >= 0.6 is 109 Å². The zero-order chi connectivity index (χ0) is 57.4. The SMILES string of the molecule is C.C.CC(=O)c1ccc2sc3nc[nH]c(=O)c3c2c1.CC(=O)c1ccc2sc3ncnc(Cl)c3c2c1.CC(=O)c1ccc2sc3ncnc(NC4CCC(N5CCOCC5)CC4)c3c2c1.Cl.Cl.NC1CCC(N2CCOCC2)CC1.O=P(Cl)(Cl)Cl. The topological polar surface area (TPSA) is 229 Å². The molecule has 2 saturated carbocycles. The van der Waals surface area contributed by atoms with Crippen LogP contribution < -0.4 is 16.6 Å². The highest BCUT2D eigenvalue weighted by atomic mass is 36.0. The summed E-state index contributed by atoms with van der Waals surface area (Å²) in [6.07, 6.45) is 14.2. The Morgan fingerprint density at radius 2 is 0.988 bits per heavy atom. The number of ketones is 3. The first-order valence-electron chi connectivity index (χ1n) is 26.7. The first-order chi connectivity index (χ1) is 38.9. The van der Waals surface area contributed by atoms with Crippen molar-refractivity contribution in [3.05, 3.63) is 106 Å². The number of nitrogens with one attached hydrogen (secondary N) is 2. The first kappa shape index (κ1) is 71.7. The van der Waals surface area contributed by atoms with Gasteiger partial charge in [0, 0.05) is 97.3 Å². The van der Waals surface area contributed by atoms with Crippen LogP contribution in [0.4, 0.5) is 5.82 Å². The highest BCUT2D eigenvalue weighted by Gasteiger charge is 2.28. The van der Waals surface area contributed by atoms with E-state index in [9.17, 15) is 23.7 Å². The zero-order valence-corrected chi connectivity index (χ0v) is 53.6. The molecule has 8 heterocycles. The van der Waals surface area contributed by atoms with E-state index in [4.69, 9.17) is 26.8 Å². The van der Waals surface area contributed by atoms with Crippen LogP contribution in [0.2, 0.25) is 5.15 Å². The molecular weight excluding hydrogens is 1290 g/mol. The molecule has 0 atom stereocenters. The average Bonchev–Trinajstić information content (AvgIpc) is 1.97. The van der Waals surface area contributed by atoms with E-state index in [1.165, 1.54) is 69.4 Å². The van der Waals surface area contributed by atoms with Crippen LogP contribution in [-0.2, 0) is 14.0 Å². The molecule has 9 aromatic rings. The molecule has 460 valence electrons. The van der Waals surface area contributed by atoms with Gasteiger partial charge in [0.25, 0.3) is 5.56 Å². The van der Waals surface area contributed by atoms with Crippen molar-refractivity contribution in [1.29, 1.82) is 0 Å². The Bertz CT molecular complexity index is 3810. The van der Waals surface area contributed by atoms with Crippen LogP contribution in [0.15, 0.2) is 78.4 Å². The molecule has 4 fully saturated rings. The third-order valence-corrected chi connectivity index (χ3v) is 18.4. The zero-order valence-electron chi connectivity index (χ0n) is 45.6. The van der Waals surface area contributed by atoms with E-state index in [2.05, 4.69) is 78.7 Å². The molecule has 27 heteroatoms. The summed E-state index contributed by atoms with van der Waals surface area (Å²) in [6.45, 7) is 12.6. The van der Waals surface area contributed by atoms with Crippen LogP contribution in [0.25, 0.3) is 60.9 Å². The molecule has 17 nitrogen and oxygen atoms in total. The van der Waals surface area contributed by atoms with Crippen molar-refractivity contribution in [3.63, 3.8) is 0 Å². The van der Waals surface area contributed by atoms with Crippen LogP contribution in [0.5, 0.6) is 0 Å². The molecule has 2 saturated heterocycles. The molecule has 0 bridgehead atoms. The second kappa shape index (κ2) is 33.0. The fourth-order valence-corrected chi connectivity index (χ4v) is 14.1. The number of rotatable bonds is 7. The molecular formula is C58H71Cl6N10O7PS3.